The van der Waals surface area contributed by atoms with Crippen molar-refractivity contribution in [2.45, 2.75) is 11.7 Å². The van der Waals surface area contributed by atoms with Gasteiger partial charge in [-0.2, -0.15) is 15.2 Å². The number of anilines is 2. The molecule has 0 unspecified atom stereocenters. The zero-order chi connectivity index (χ0) is 24.2. The van der Waals surface area contributed by atoms with E-state index in [0.717, 1.165) is 11.8 Å². The van der Waals surface area contributed by atoms with Crippen molar-refractivity contribution >= 4 is 27.0 Å². The normalized spacial score (nSPS) is 10.8. The lowest BCUT2D eigenvalue weighted by molar-refractivity contribution is -0.385. The van der Waals surface area contributed by atoms with E-state index in [1.807, 2.05) is 12.1 Å². The van der Waals surface area contributed by atoms with Crippen LogP contribution in [0.4, 0.5) is 17.2 Å². The van der Waals surface area contributed by atoms with Gasteiger partial charge in [0.05, 0.1) is 22.2 Å². The molecule has 0 fully saturated rings. The third-order valence-electron chi connectivity index (χ3n) is 4.43. The zero-order valence-corrected chi connectivity index (χ0v) is 18.8. The number of nitriles is 1. The molecule has 12 heteroatoms. The first-order valence-corrected chi connectivity index (χ1v) is 11.4. The van der Waals surface area contributed by atoms with E-state index in [4.69, 9.17) is 4.74 Å². The van der Waals surface area contributed by atoms with Gasteiger partial charge in [0.1, 0.15) is 0 Å². The molecule has 0 radical (unpaired) electrons. The molecule has 2 aromatic carbocycles. The Morgan fingerprint density at radius 2 is 1.88 bits per heavy atom. The van der Waals surface area contributed by atoms with Gasteiger partial charge in [0.25, 0.3) is 5.16 Å². The van der Waals surface area contributed by atoms with E-state index in [0.29, 0.717) is 5.69 Å². The Morgan fingerprint density at radius 3 is 2.45 bits per heavy atom. The van der Waals surface area contributed by atoms with Gasteiger partial charge >= 0.3 is 11.6 Å². The Morgan fingerprint density at radius 1 is 1.18 bits per heavy atom. The lowest BCUT2D eigenvalue weighted by Crippen LogP contribution is -2.13. The topological polar surface area (TPSA) is 151 Å². The van der Waals surface area contributed by atoms with Crippen LogP contribution in [0.25, 0.3) is 0 Å². The SMILES string of the molecule is CN(C)c1ccc(C#N)cc1Oc1nc(S(C)(=O)=O)nc(NCc2ccccc2)c1[N+](=O)[O-]. The van der Waals surface area contributed by atoms with E-state index in [1.165, 1.54) is 6.07 Å². The maximum atomic E-state index is 12.2. The van der Waals surface area contributed by atoms with Crippen LogP contribution in [0.1, 0.15) is 11.1 Å². The molecule has 3 aromatic rings. The van der Waals surface area contributed by atoms with Crippen molar-refractivity contribution < 1.29 is 18.1 Å². The number of hydrogen-bond donors (Lipinski definition) is 1. The molecule has 0 amide bonds. The van der Waals surface area contributed by atoms with Crippen molar-refractivity contribution in [3.05, 3.63) is 69.8 Å². The molecular formula is C21H20N6O5S. The second-order valence-corrected chi connectivity index (χ2v) is 9.08. The van der Waals surface area contributed by atoms with Crippen LogP contribution in [0.2, 0.25) is 0 Å². The van der Waals surface area contributed by atoms with E-state index < -0.39 is 31.5 Å². The molecule has 0 bridgehead atoms. The maximum absolute atomic E-state index is 12.2. The quantitative estimate of drug-likeness (QED) is 0.296. The van der Waals surface area contributed by atoms with E-state index >= 15 is 0 Å². The molecule has 3 rings (SSSR count). The number of nitrogens with one attached hydrogen (secondary N) is 1. The molecule has 0 saturated heterocycles. The third kappa shape index (κ3) is 5.52. The average Bonchev–Trinajstić information content (AvgIpc) is 2.77. The van der Waals surface area contributed by atoms with Gasteiger partial charge in [0.15, 0.2) is 5.75 Å². The molecule has 1 aromatic heterocycles. The van der Waals surface area contributed by atoms with Crippen LogP contribution in [-0.2, 0) is 16.4 Å². The van der Waals surface area contributed by atoms with Crippen molar-refractivity contribution in [3.8, 4) is 17.7 Å². The summed E-state index contributed by atoms with van der Waals surface area (Å²) in [5.74, 6) is -0.782. The monoisotopic (exact) mass is 468 g/mol. The Kier molecular flexibility index (Phi) is 6.74. The van der Waals surface area contributed by atoms with Gasteiger partial charge in [-0.05, 0) is 17.7 Å². The molecule has 33 heavy (non-hydrogen) atoms. The lowest BCUT2D eigenvalue weighted by Gasteiger charge is -2.18. The molecule has 0 aliphatic carbocycles. The summed E-state index contributed by atoms with van der Waals surface area (Å²) in [6.07, 6.45) is 0.889. The summed E-state index contributed by atoms with van der Waals surface area (Å²) >= 11 is 0. The molecule has 0 spiro atoms. The Balaban J connectivity index is 2.16. The van der Waals surface area contributed by atoms with Crippen LogP contribution in [0.3, 0.4) is 0 Å². The van der Waals surface area contributed by atoms with Crippen LogP contribution >= 0.6 is 0 Å². The minimum Gasteiger partial charge on any atom is -0.431 e. The first kappa shape index (κ1) is 23.4. The standard InChI is InChI=1S/C21H20N6O5S/c1-26(2)16-10-9-15(12-22)11-17(16)32-20-18(27(28)29)19(24-21(25-20)33(3,30)31)23-13-14-7-5-4-6-8-14/h4-11H,13H2,1-3H3,(H,23,24,25). The van der Waals surface area contributed by atoms with Crippen molar-refractivity contribution in [2.24, 2.45) is 0 Å². The molecule has 0 aliphatic heterocycles. The molecule has 11 nitrogen and oxygen atoms in total. The minimum atomic E-state index is -3.93. The van der Waals surface area contributed by atoms with Crippen molar-refractivity contribution in [1.82, 2.24) is 9.97 Å². The number of ether oxygens (including phenoxy) is 1. The second kappa shape index (κ2) is 9.49. The van der Waals surface area contributed by atoms with Crippen LogP contribution in [0, 0.1) is 21.4 Å². The molecule has 0 saturated carbocycles. The predicted molar refractivity (Wildman–Crippen MR) is 121 cm³/mol. The molecule has 170 valence electrons. The summed E-state index contributed by atoms with van der Waals surface area (Å²) in [6.45, 7) is 0.147. The van der Waals surface area contributed by atoms with Crippen molar-refractivity contribution in [3.63, 3.8) is 0 Å². The number of rotatable bonds is 8. The fourth-order valence-corrected chi connectivity index (χ4v) is 3.37. The van der Waals surface area contributed by atoms with Crippen molar-refractivity contribution in [2.75, 3.05) is 30.6 Å². The highest BCUT2D eigenvalue weighted by atomic mass is 32.2. The van der Waals surface area contributed by atoms with Gasteiger partial charge in [-0.1, -0.05) is 30.3 Å². The molecule has 1 N–H and O–H groups in total. The summed E-state index contributed by atoms with van der Waals surface area (Å²) in [5, 5.41) is 23.3. The summed E-state index contributed by atoms with van der Waals surface area (Å²) in [7, 11) is -0.493. The summed E-state index contributed by atoms with van der Waals surface area (Å²) in [5.41, 5.74) is 0.912. The number of hydrogen-bond acceptors (Lipinski definition) is 10. The second-order valence-electron chi connectivity index (χ2n) is 7.17. The Bertz CT molecular complexity index is 1340. The first-order chi connectivity index (χ1) is 15.6. The highest BCUT2D eigenvalue weighted by Crippen LogP contribution is 2.39. The maximum Gasteiger partial charge on any atom is 0.373 e. The van der Waals surface area contributed by atoms with Gasteiger partial charge in [-0.25, -0.2) is 8.42 Å². The van der Waals surface area contributed by atoms with Crippen LogP contribution in [-0.4, -0.2) is 43.7 Å². The van der Waals surface area contributed by atoms with E-state index in [9.17, 15) is 23.8 Å². The number of aromatic nitrogens is 2. The third-order valence-corrected chi connectivity index (χ3v) is 5.27. The van der Waals surface area contributed by atoms with Crippen LogP contribution in [0.5, 0.6) is 11.6 Å². The minimum absolute atomic E-state index is 0.0920. The largest absolute Gasteiger partial charge is 0.431 e. The average molecular weight is 468 g/mol. The predicted octanol–water partition coefficient (Wildman–Crippen LogP) is 3.13. The summed E-state index contributed by atoms with van der Waals surface area (Å²) in [4.78, 5) is 20.6. The van der Waals surface area contributed by atoms with Gasteiger partial charge in [0, 0.05) is 33.0 Å². The fraction of sp³-hybridized carbons (Fsp3) is 0.190. The van der Waals surface area contributed by atoms with E-state index in [1.54, 1.807) is 55.4 Å². The first-order valence-electron chi connectivity index (χ1n) is 9.53. The molecular weight excluding hydrogens is 448 g/mol. The van der Waals surface area contributed by atoms with Crippen molar-refractivity contribution in [1.29, 1.82) is 5.26 Å². The Hall–Kier alpha value is -4.24. The molecule has 0 atom stereocenters. The zero-order valence-electron chi connectivity index (χ0n) is 18.0. The lowest BCUT2D eigenvalue weighted by atomic mass is 10.2. The summed E-state index contributed by atoms with van der Waals surface area (Å²) < 4.78 is 30.1. The van der Waals surface area contributed by atoms with E-state index in [-0.39, 0.29) is 23.7 Å². The van der Waals surface area contributed by atoms with Gasteiger partial charge in [-0.15, -0.1) is 0 Å². The highest BCUT2D eigenvalue weighted by molar-refractivity contribution is 7.90. The number of benzene rings is 2. The van der Waals surface area contributed by atoms with Gasteiger partial charge < -0.3 is 15.0 Å². The van der Waals surface area contributed by atoms with Crippen LogP contribution in [0.15, 0.2) is 53.7 Å². The molecule has 1 heterocycles. The van der Waals surface area contributed by atoms with E-state index in [2.05, 4.69) is 15.3 Å². The smallest absolute Gasteiger partial charge is 0.373 e. The molecule has 0 aliphatic rings. The van der Waals surface area contributed by atoms with Gasteiger partial charge in [0.2, 0.25) is 15.7 Å². The number of sulfone groups is 1. The van der Waals surface area contributed by atoms with Gasteiger partial charge in [-0.3, -0.25) is 10.1 Å². The highest BCUT2D eigenvalue weighted by Gasteiger charge is 2.30. The van der Waals surface area contributed by atoms with Crippen LogP contribution < -0.4 is 15.0 Å². The Labute approximate surface area is 190 Å². The number of nitro groups is 1. The summed E-state index contributed by atoms with van der Waals surface area (Å²) in [6, 6.07) is 15.5. The fourth-order valence-electron chi connectivity index (χ4n) is 2.86. The number of nitrogens with zero attached hydrogens (tertiary/aromatic N) is 5.